The molecule has 0 saturated carbocycles. The predicted octanol–water partition coefficient (Wildman–Crippen LogP) is 4.15. The van der Waals surface area contributed by atoms with Crippen molar-refractivity contribution in [3.8, 4) is 11.1 Å². The summed E-state index contributed by atoms with van der Waals surface area (Å²) < 4.78 is 80.3. The van der Waals surface area contributed by atoms with Crippen LogP contribution >= 0.6 is 0 Å². The number of likely N-dealkylation sites (N-methyl/N-ethyl adjacent to an activating group) is 1. The van der Waals surface area contributed by atoms with Gasteiger partial charge in [-0.25, -0.2) is 18.7 Å². The van der Waals surface area contributed by atoms with Gasteiger partial charge >= 0.3 is 6.18 Å². The van der Waals surface area contributed by atoms with Crippen LogP contribution < -0.4 is 20.7 Å². The second-order valence-electron chi connectivity index (χ2n) is 11.7. The molecule has 242 valence electrons. The predicted molar refractivity (Wildman–Crippen MR) is 159 cm³/mol. The maximum Gasteiger partial charge on any atom is 0.417 e. The van der Waals surface area contributed by atoms with Gasteiger partial charge in [0.1, 0.15) is 11.5 Å². The van der Waals surface area contributed by atoms with Crippen LogP contribution in [0.5, 0.6) is 0 Å². The molecular formula is C30H34F5N7O3. The molecule has 0 radical (unpaired) electrons. The normalized spacial score (nSPS) is 21.2. The zero-order valence-electron chi connectivity index (χ0n) is 25.5. The van der Waals surface area contributed by atoms with Crippen molar-refractivity contribution < 1.29 is 31.5 Å². The number of anilines is 3. The zero-order chi connectivity index (χ0) is 32.8. The monoisotopic (exact) mass is 635 g/mol. The lowest BCUT2D eigenvalue weighted by atomic mass is 10.0. The van der Waals surface area contributed by atoms with E-state index in [2.05, 4.69) is 15.3 Å². The Kier molecular flexibility index (Phi) is 8.86. The molecule has 1 unspecified atom stereocenters. The highest BCUT2D eigenvalue weighted by atomic mass is 19.4. The Morgan fingerprint density at radius 3 is 2.22 bits per heavy atom. The van der Waals surface area contributed by atoms with Crippen LogP contribution in [0.4, 0.5) is 39.3 Å². The van der Waals surface area contributed by atoms with Crippen LogP contribution in [-0.2, 0) is 18.0 Å². The molecule has 10 nitrogen and oxygen atoms in total. The lowest BCUT2D eigenvalue weighted by molar-refractivity contribution is -0.138. The number of ether oxygens (including phenoxy) is 1. The second kappa shape index (κ2) is 12.4. The first-order chi connectivity index (χ1) is 21.1. The van der Waals surface area contributed by atoms with Crippen molar-refractivity contribution in [2.45, 2.75) is 45.2 Å². The Hall–Kier alpha value is -4.11. The number of pyridine rings is 1. The van der Waals surface area contributed by atoms with Gasteiger partial charge in [0, 0.05) is 82.1 Å². The molecule has 0 aliphatic carbocycles. The maximum atomic E-state index is 16.5. The molecule has 2 fully saturated rings. The van der Waals surface area contributed by atoms with Crippen LogP contribution in [0.3, 0.4) is 0 Å². The van der Waals surface area contributed by atoms with E-state index in [4.69, 9.17) is 4.74 Å². The first kappa shape index (κ1) is 32.3. The molecule has 0 bridgehead atoms. The van der Waals surface area contributed by atoms with Crippen LogP contribution in [0.1, 0.15) is 36.7 Å². The van der Waals surface area contributed by atoms with Crippen molar-refractivity contribution in [2.24, 2.45) is 7.05 Å². The lowest BCUT2D eigenvalue weighted by Crippen LogP contribution is -2.50. The minimum Gasteiger partial charge on any atom is -0.372 e. The van der Waals surface area contributed by atoms with Gasteiger partial charge < -0.3 is 29.3 Å². The first-order valence-electron chi connectivity index (χ1n) is 14.4. The van der Waals surface area contributed by atoms with Crippen molar-refractivity contribution in [1.82, 2.24) is 19.4 Å². The molecule has 5 rings (SSSR count). The molecule has 15 heteroatoms. The average Bonchev–Trinajstić information content (AvgIpc) is 2.96. The average molecular weight is 636 g/mol. The number of hydrogen-bond donors (Lipinski definition) is 1. The number of amides is 1. The topological polar surface area (TPSA) is 95.8 Å². The molecule has 0 spiro atoms. The number of hydrogen-bond acceptors (Lipinski definition) is 8. The molecule has 2 aromatic heterocycles. The Morgan fingerprint density at radius 1 is 0.978 bits per heavy atom. The number of carbonyl (C=O) groups is 1. The zero-order valence-corrected chi connectivity index (χ0v) is 25.5. The standard InChI is InChI=1S/C30H34F5N7O3/c1-16-12-41(7-6-39(16)4)23-9-22(31)25(19-10-36-29(37-11-19)42-13-17(2)45-18(3)14-42)26(32)27(23)38-28(44)20-15-40(5)24(43)8-21(20)30(33,34)35/h8-11,15-18H,6-7,12-14H2,1-5H3,(H,38,44)/t16?,17-,18-/m0/s1. The second-order valence-corrected chi connectivity index (χ2v) is 11.7. The van der Waals surface area contributed by atoms with Gasteiger partial charge in [-0.15, -0.1) is 0 Å². The summed E-state index contributed by atoms with van der Waals surface area (Å²) in [6, 6.07) is 1.33. The van der Waals surface area contributed by atoms with Crippen molar-refractivity contribution in [2.75, 3.05) is 54.9 Å². The summed E-state index contributed by atoms with van der Waals surface area (Å²) in [5.74, 6) is -3.14. The lowest BCUT2D eigenvalue weighted by Gasteiger charge is -2.39. The molecule has 3 atom stereocenters. The van der Waals surface area contributed by atoms with Gasteiger partial charge in [0.05, 0.1) is 34.6 Å². The number of benzene rings is 1. The van der Waals surface area contributed by atoms with Crippen molar-refractivity contribution in [3.05, 3.63) is 63.8 Å². The summed E-state index contributed by atoms with van der Waals surface area (Å²) in [5.41, 5.74) is -4.47. The number of nitrogens with one attached hydrogen (secondary N) is 1. The Morgan fingerprint density at radius 2 is 1.62 bits per heavy atom. The highest BCUT2D eigenvalue weighted by Gasteiger charge is 2.37. The van der Waals surface area contributed by atoms with E-state index < -0.39 is 51.7 Å². The number of alkyl halides is 3. The van der Waals surface area contributed by atoms with E-state index in [1.54, 1.807) is 4.90 Å². The highest BCUT2D eigenvalue weighted by molar-refractivity contribution is 6.07. The maximum absolute atomic E-state index is 16.5. The van der Waals surface area contributed by atoms with Crippen LogP contribution in [0.2, 0.25) is 0 Å². The minimum atomic E-state index is -5.04. The summed E-state index contributed by atoms with van der Waals surface area (Å²) >= 11 is 0. The molecule has 2 aliphatic rings. The highest BCUT2D eigenvalue weighted by Crippen LogP contribution is 2.40. The summed E-state index contributed by atoms with van der Waals surface area (Å²) in [7, 11) is 3.09. The third-order valence-electron chi connectivity index (χ3n) is 8.14. The smallest absolute Gasteiger partial charge is 0.372 e. The van der Waals surface area contributed by atoms with Crippen LogP contribution in [0, 0.1) is 11.6 Å². The van der Waals surface area contributed by atoms with E-state index in [-0.39, 0.29) is 29.5 Å². The van der Waals surface area contributed by atoms with Gasteiger partial charge in [-0.05, 0) is 27.8 Å². The number of rotatable bonds is 5. The Bertz CT molecular complexity index is 1640. The van der Waals surface area contributed by atoms with Crippen LogP contribution in [0.15, 0.2) is 35.5 Å². The fraction of sp³-hybridized carbons (Fsp3) is 0.467. The van der Waals surface area contributed by atoms with Gasteiger partial charge in [0.15, 0.2) is 5.82 Å². The quantitative estimate of drug-likeness (QED) is 0.418. The molecular weight excluding hydrogens is 601 g/mol. The number of aromatic nitrogens is 3. The van der Waals surface area contributed by atoms with Gasteiger partial charge in [-0.2, -0.15) is 13.2 Å². The number of nitrogens with zero attached hydrogens (tertiary/aromatic N) is 6. The summed E-state index contributed by atoms with van der Waals surface area (Å²) in [4.78, 5) is 39.6. The summed E-state index contributed by atoms with van der Waals surface area (Å²) in [6.45, 7) is 7.98. The molecule has 1 amide bonds. The largest absolute Gasteiger partial charge is 0.417 e. The number of morpholine rings is 1. The van der Waals surface area contributed by atoms with Gasteiger partial charge in [0.2, 0.25) is 5.95 Å². The van der Waals surface area contributed by atoms with E-state index in [1.807, 2.05) is 37.6 Å². The van der Waals surface area contributed by atoms with E-state index >= 15 is 8.78 Å². The van der Waals surface area contributed by atoms with E-state index in [0.717, 1.165) is 16.8 Å². The van der Waals surface area contributed by atoms with Gasteiger partial charge in [-0.1, -0.05) is 0 Å². The first-order valence-corrected chi connectivity index (χ1v) is 14.4. The number of carbonyl (C=O) groups excluding carboxylic acids is 1. The Balaban J connectivity index is 1.58. The number of aryl methyl sites for hydroxylation is 1. The Labute approximate surface area is 256 Å². The third-order valence-corrected chi connectivity index (χ3v) is 8.14. The summed E-state index contributed by atoms with van der Waals surface area (Å²) in [5, 5.41) is 2.27. The van der Waals surface area contributed by atoms with E-state index in [9.17, 15) is 22.8 Å². The van der Waals surface area contributed by atoms with Crippen LogP contribution in [0.25, 0.3) is 11.1 Å². The minimum absolute atomic E-state index is 0.0276. The molecule has 2 saturated heterocycles. The fourth-order valence-electron chi connectivity index (χ4n) is 5.69. The molecule has 3 aromatic rings. The molecule has 2 aliphatic heterocycles. The molecule has 1 aromatic carbocycles. The van der Waals surface area contributed by atoms with Crippen molar-refractivity contribution in [3.63, 3.8) is 0 Å². The van der Waals surface area contributed by atoms with E-state index in [1.165, 1.54) is 19.4 Å². The number of halogens is 5. The van der Waals surface area contributed by atoms with E-state index in [0.29, 0.717) is 44.7 Å². The van der Waals surface area contributed by atoms with Gasteiger partial charge in [-0.3, -0.25) is 9.59 Å². The molecule has 1 N–H and O–H groups in total. The van der Waals surface area contributed by atoms with Crippen molar-refractivity contribution in [1.29, 1.82) is 0 Å². The number of piperazine rings is 1. The summed E-state index contributed by atoms with van der Waals surface area (Å²) in [6.07, 6.45) is -1.95. The third kappa shape index (κ3) is 6.64. The van der Waals surface area contributed by atoms with Gasteiger partial charge in [0.25, 0.3) is 11.5 Å². The molecule has 4 heterocycles. The van der Waals surface area contributed by atoms with Crippen molar-refractivity contribution >= 4 is 23.2 Å². The fourth-order valence-corrected chi connectivity index (χ4v) is 5.69. The van der Waals surface area contributed by atoms with Crippen LogP contribution in [-0.4, -0.2) is 83.4 Å². The SMILES string of the molecule is CC1CN(c2cc(F)c(-c3cnc(N4C[C@H](C)O[C@@H](C)C4)nc3)c(F)c2NC(=O)c2cn(C)c(=O)cc2C(F)(F)F)CCN1C. The molecule has 45 heavy (non-hydrogen) atoms.